The van der Waals surface area contributed by atoms with Gasteiger partial charge < -0.3 is 19.9 Å². The van der Waals surface area contributed by atoms with Crippen molar-refractivity contribution in [3.05, 3.63) is 76.7 Å². The highest BCUT2D eigenvalue weighted by Gasteiger charge is 2.53. The number of carbonyl (C=O) groups excluding carboxylic acids is 2. The summed E-state index contributed by atoms with van der Waals surface area (Å²) in [5.74, 6) is -0.366. The van der Waals surface area contributed by atoms with E-state index in [9.17, 15) is 31.5 Å². The monoisotopic (exact) mass is 604 g/mol. The van der Waals surface area contributed by atoms with E-state index < -0.39 is 29.5 Å². The lowest BCUT2D eigenvalue weighted by Gasteiger charge is -2.36. The van der Waals surface area contributed by atoms with Crippen LogP contribution in [0.2, 0.25) is 0 Å². The van der Waals surface area contributed by atoms with Crippen LogP contribution < -0.4 is 15.0 Å². The first kappa shape index (κ1) is 30.1. The first-order chi connectivity index (χ1) is 20.5. The minimum absolute atomic E-state index is 0.0190. The number of alkyl halides is 5. The molecule has 43 heavy (non-hydrogen) atoms. The Morgan fingerprint density at radius 2 is 1.77 bits per heavy atom. The molecular weight excluding hydrogens is 575 g/mol. The molecule has 0 atom stereocenters. The summed E-state index contributed by atoms with van der Waals surface area (Å²) in [6, 6.07) is 9.83. The molecule has 1 saturated heterocycles. The minimum Gasteiger partial charge on any atom is -0.472 e. The molecule has 0 spiro atoms. The van der Waals surface area contributed by atoms with Crippen LogP contribution in [-0.2, 0) is 34.3 Å². The molecule has 1 aliphatic heterocycles. The summed E-state index contributed by atoms with van der Waals surface area (Å²) in [4.78, 5) is 31.8. The number of amides is 2. The zero-order valence-electron chi connectivity index (χ0n) is 23.2. The van der Waals surface area contributed by atoms with Gasteiger partial charge in [0.2, 0.25) is 17.7 Å². The van der Waals surface area contributed by atoms with E-state index in [0.29, 0.717) is 56.0 Å². The van der Waals surface area contributed by atoms with Crippen LogP contribution in [0.3, 0.4) is 0 Å². The molecule has 3 aromatic rings. The van der Waals surface area contributed by atoms with Gasteiger partial charge >= 0.3 is 6.18 Å². The number of nitrogens with one attached hydrogen (secondary N) is 1. The number of carbonyl (C=O) groups is 2. The van der Waals surface area contributed by atoms with Crippen LogP contribution >= 0.6 is 0 Å². The maximum Gasteiger partial charge on any atom is 0.416 e. The predicted molar refractivity (Wildman–Crippen MR) is 144 cm³/mol. The van der Waals surface area contributed by atoms with E-state index in [1.807, 2.05) is 4.90 Å². The Kier molecular flexibility index (Phi) is 8.47. The summed E-state index contributed by atoms with van der Waals surface area (Å²) in [6.45, 7) is 2.87. The average Bonchev–Trinajstić information content (AvgIpc) is 3.81. The van der Waals surface area contributed by atoms with Crippen molar-refractivity contribution in [3.63, 3.8) is 0 Å². The van der Waals surface area contributed by atoms with Gasteiger partial charge in [0, 0.05) is 63.2 Å². The number of halogens is 5. The molecule has 2 aromatic heterocycles. The molecule has 5 rings (SSSR count). The topological polar surface area (TPSA) is 101 Å². The maximum atomic E-state index is 14.0. The van der Waals surface area contributed by atoms with E-state index in [2.05, 4.69) is 20.5 Å². The van der Waals surface area contributed by atoms with Gasteiger partial charge in [-0.2, -0.15) is 18.3 Å². The Balaban J connectivity index is 1.20. The third-order valence-corrected chi connectivity index (χ3v) is 7.70. The highest BCUT2D eigenvalue weighted by Crippen LogP contribution is 2.47. The Morgan fingerprint density at radius 1 is 1.02 bits per heavy atom. The zero-order valence-corrected chi connectivity index (χ0v) is 23.2. The minimum atomic E-state index is -4.63. The van der Waals surface area contributed by atoms with Gasteiger partial charge in [0.05, 0.1) is 16.7 Å². The summed E-state index contributed by atoms with van der Waals surface area (Å²) in [7, 11) is 0. The van der Waals surface area contributed by atoms with Crippen molar-refractivity contribution >= 4 is 17.5 Å². The normalized spacial score (nSPS) is 16.3. The number of piperazine rings is 1. The fourth-order valence-electron chi connectivity index (χ4n) is 4.99. The second-order valence-electron chi connectivity index (χ2n) is 10.5. The van der Waals surface area contributed by atoms with Crippen molar-refractivity contribution in [1.29, 1.82) is 0 Å². The van der Waals surface area contributed by atoms with Gasteiger partial charge in [0.1, 0.15) is 12.3 Å². The molecule has 228 valence electrons. The van der Waals surface area contributed by atoms with Crippen LogP contribution in [0.25, 0.3) is 0 Å². The van der Waals surface area contributed by atoms with E-state index in [0.717, 1.165) is 6.07 Å². The fraction of sp³-hybridized carbons (Fsp3) is 0.414. The lowest BCUT2D eigenvalue weighted by molar-refractivity contribution is -0.138. The predicted octanol–water partition coefficient (Wildman–Crippen LogP) is 4.42. The standard InChI is InChI=1S/C29H29F5N6O3/c1-18(41)39-10-12-40(13-11-39)21-4-3-20(22(14-21)29(32,33)34)16-36-27(42)28(8-9-28)24-6-7-25(38-37-24)43-17-19-2-5-23(26(30)31)35-15-19/h2-7,14-15,26H,8-13,16-17H2,1H3,(H,36,42). The third kappa shape index (κ3) is 6.83. The smallest absolute Gasteiger partial charge is 0.416 e. The second-order valence-corrected chi connectivity index (χ2v) is 10.5. The van der Waals surface area contributed by atoms with Gasteiger partial charge in [-0.3, -0.25) is 14.6 Å². The molecule has 2 aliphatic rings. The Hall–Kier alpha value is -4.36. The number of benzene rings is 1. The first-order valence-electron chi connectivity index (χ1n) is 13.7. The summed E-state index contributed by atoms with van der Waals surface area (Å²) in [5, 5.41) is 10.8. The number of hydrogen-bond acceptors (Lipinski definition) is 7. The number of nitrogens with zero attached hydrogens (tertiary/aromatic N) is 5. The quantitative estimate of drug-likeness (QED) is 0.361. The van der Waals surface area contributed by atoms with Crippen LogP contribution in [0.5, 0.6) is 5.88 Å². The van der Waals surface area contributed by atoms with Crippen LogP contribution in [0.15, 0.2) is 48.7 Å². The summed E-state index contributed by atoms with van der Waals surface area (Å²) in [5.41, 5.74) is -0.892. The van der Waals surface area contributed by atoms with Crippen molar-refractivity contribution in [2.75, 3.05) is 31.1 Å². The first-order valence-corrected chi connectivity index (χ1v) is 13.7. The van der Waals surface area contributed by atoms with Gasteiger partial charge in [-0.25, -0.2) is 8.78 Å². The van der Waals surface area contributed by atoms with Crippen molar-refractivity contribution in [3.8, 4) is 5.88 Å². The molecule has 0 radical (unpaired) electrons. The Labute approximate surface area is 244 Å². The molecule has 3 heterocycles. The van der Waals surface area contributed by atoms with Gasteiger partial charge in [0.15, 0.2) is 0 Å². The number of ether oxygens (including phenoxy) is 1. The maximum absolute atomic E-state index is 14.0. The number of hydrogen-bond donors (Lipinski definition) is 1. The average molecular weight is 605 g/mol. The highest BCUT2D eigenvalue weighted by molar-refractivity contribution is 5.90. The SMILES string of the molecule is CC(=O)N1CCN(c2ccc(CNC(=O)C3(c4ccc(OCc5ccc(C(F)F)nc5)nn4)CC3)c(C(F)(F)F)c2)CC1. The van der Waals surface area contributed by atoms with Crippen molar-refractivity contribution in [1.82, 2.24) is 25.4 Å². The summed E-state index contributed by atoms with van der Waals surface area (Å²) < 4.78 is 72.9. The largest absolute Gasteiger partial charge is 0.472 e. The molecule has 0 bridgehead atoms. The second kappa shape index (κ2) is 12.1. The Bertz CT molecular complexity index is 1450. The molecule has 14 heteroatoms. The van der Waals surface area contributed by atoms with Gasteiger partial charge in [0.25, 0.3) is 6.43 Å². The van der Waals surface area contributed by atoms with E-state index >= 15 is 0 Å². The lowest BCUT2D eigenvalue weighted by Crippen LogP contribution is -2.48. The van der Waals surface area contributed by atoms with Gasteiger partial charge in [-0.05, 0) is 42.7 Å². The summed E-state index contributed by atoms with van der Waals surface area (Å²) >= 11 is 0. The number of anilines is 1. The Morgan fingerprint density at radius 3 is 2.33 bits per heavy atom. The molecule has 1 saturated carbocycles. The van der Waals surface area contributed by atoms with E-state index in [1.54, 1.807) is 17.0 Å². The van der Waals surface area contributed by atoms with Crippen LogP contribution in [0, 0.1) is 0 Å². The number of pyridine rings is 1. The highest BCUT2D eigenvalue weighted by atomic mass is 19.4. The van der Waals surface area contributed by atoms with Crippen molar-refractivity contribution in [2.24, 2.45) is 0 Å². The molecule has 1 aromatic carbocycles. The summed E-state index contributed by atoms with van der Waals surface area (Å²) in [6.07, 6.45) is -5.09. The molecule has 2 amide bonds. The van der Waals surface area contributed by atoms with E-state index in [4.69, 9.17) is 4.74 Å². The lowest BCUT2D eigenvalue weighted by atomic mass is 10.00. The zero-order chi connectivity index (χ0) is 30.8. The molecule has 2 fully saturated rings. The van der Waals surface area contributed by atoms with Gasteiger partial charge in [-0.1, -0.05) is 12.1 Å². The van der Waals surface area contributed by atoms with Gasteiger partial charge in [-0.15, -0.1) is 5.10 Å². The van der Waals surface area contributed by atoms with Crippen LogP contribution in [0.4, 0.5) is 27.6 Å². The van der Waals surface area contributed by atoms with Crippen molar-refractivity contribution in [2.45, 2.75) is 50.9 Å². The molecular formula is C29H29F5N6O3. The van der Waals surface area contributed by atoms with Crippen LogP contribution in [-0.4, -0.2) is 58.1 Å². The van der Waals surface area contributed by atoms with Crippen molar-refractivity contribution < 1.29 is 36.3 Å². The van der Waals surface area contributed by atoms with E-state index in [1.165, 1.54) is 37.4 Å². The number of rotatable bonds is 9. The molecule has 1 aliphatic carbocycles. The molecule has 0 unspecified atom stereocenters. The third-order valence-electron chi connectivity index (χ3n) is 7.70. The molecule has 9 nitrogen and oxygen atoms in total. The van der Waals surface area contributed by atoms with Crippen LogP contribution in [0.1, 0.15) is 54.3 Å². The fourth-order valence-corrected chi connectivity index (χ4v) is 4.99. The van der Waals surface area contributed by atoms with E-state index in [-0.39, 0.29) is 36.2 Å². The number of aromatic nitrogens is 3. The molecule has 1 N–H and O–H groups in total.